The third kappa shape index (κ3) is 4.43. The molecule has 1 aliphatic carbocycles. The van der Waals surface area contributed by atoms with Crippen molar-refractivity contribution in [3.63, 3.8) is 0 Å². The minimum absolute atomic E-state index is 0.479. The van der Waals surface area contributed by atoms with Crippen molar-refractivity contribution in [1.29, 1.82) is 0 Å². The van der Waals surface area contributed by atoms with Gasteiger partial charge in [-0.1, -0.05) is 18.0 Å². The molecule has 0 atom stereocenters. The number of benzene rings is 1. The Morgan fingerprint density at radius 2 is 2.00 bits per heavy atom. The van der Waals surface area contributed by atoms with Crippen LogP contribution in [0.4, 0.5) is 10.1 Å². The Morgan fingerprint density at radius 1 is 1.14 bits per heavy atom. The number of nitrogens with zero attached hydrogens (tertiary/aromatic N) is 2. The minimum atomic E-state index is -0.537. The summed E-state index contributed by atoms with van der Waals surface area (Å²) in [6.45, 7) is 2.60. The van der Waals surface area contributed by atoms with E-state index in [1.807, 2.05) is 12.1 Å². The molecule has 1 aromatic heterocycles. The Labute approximate surface area is 175 Å². The van der Waals surface area contributed by atoms with Crippen molar-refractivity contribution < 1.29 is 4.39 Å². The molecular weight excluding hydrogens is 383 g/mol. The maximum Gasteiger partial charge on any atom is 0.131 e. The van der Waals surface area contributed by atoms with Crippen molar-refractivity contribution >= 4 is 29.9 Å². The van der Waals surface area contributed by atoms with E-state index in [0.29, 0.717) is 11.7 Å². The first-order valence-electron chi connectivity index (χ1n) is 10.6. The first-order valence-corrected chi connectivity index (χ1v) is 11.4. The van der Waals surface area contributed by atoms with Crippen molar-refractivity contribution in [2.75, 3.05) is 25.0 Å². The molecule has 6 heteroatoms. The van der Waals surface area contributed by atoms with Crippen molar-refractivity contribution in [2.24, 2.45) is 0 Å². The molecule has 5 rings (SSSR count). The third-order valence-corrected chi connectivity index (χ3v) is 7.25. The van der Waals surface area contributed by atoms with Crippen LogP contribution in [0.2, 0.25) is 0 Å². The SMILES string of the molecule is FCc1cc(-c2cc(NC3CCN(SC4CC4)CC3)c3c(c2)=CCNC=3)ccn1. The summed E-state index contributed by atoms with van der Waals surface area (Å²) < 4.78 is 15.7. The maximum absolute atomic E-state index is 13.1. The van der Waals surface area contributed by atoms with Gasteiger partial charge in [0.05, 0.1) is 5.69 Å². The average molecular weight is 411 g/mol. The van der Waals surface area contributed by atoms with Crippen LogP contribution >= 0.6 is 11.9 Å². The maximum atomic E-state index is 13.1. The quantitative estimate of drug-likeness (QED) is 0.717. The van der Waals surface area contributed by atoms with Crippen LogP contribution < -0.4 is 21.1 Å². The number of alkyl halides is 1. The van der Waals surface area contributed by atoms with E-state index in [0.717, 1.165) is 54.5 Å². The molecule has 0 bridgehead atoms. The number of anilines is 1. The topological polar surface area (TPSA) is 40.2 Å². The van der Waals surface area contributed by atoms with E-state index in [1.54, 1.807) is 6.20 Å². The Balaban J connectivity index is 1.40. The van der Waals surface area contributed by atoms with Crippen LogP contribution in [-0.2, 0) is 6.67 Å². The summed E-state index contributed by atoms with van der Waals surface area (Å²) >= 11 is 2.07. The molecule has 3 aliphatic rings. The molecule has 0 spiro atoms. The number of rotatable bonds is 6. The van der Waals surface area contributed by atoms with Gasteiger partial charge in [-0.3, -0.25) is 9.29 Å². The van der Waals surface area contributed by atoms with Crippen molar-refractivity contribution in [1.82, 2.24) is 14.6 Å². The van der Waals surface area contributed by atoms with Gasteiger partial charge in [-0.15, -0.1) is 0 Å². The normalized spacial score (nSPS) is 19.6. The molecule has 2 aromatic rings. The molecule has 152 valence electrons. The highest BCUT2D eigenvalue weighted by Gasteiger charge is 2.28. The molecule has 4 nitrogen and oxygen atoms in total. The highest BCUT2D eigenvalue weighted by molar-refractivity contribution is 7.97. The lowest BCUT2D eigenvalue weighted by Gasteiger charge is -2.32. The fourth-order valence-electron chi connectivity index (χ4n) is 4.06. The van der Waals surface area contributed by atoms with Gasteiger partial charge in [0, 0.05) is 54.2 Å². The fraction of sp³-hybridized carbons (Fsp3) is 0.435. The van der Waals surface area contributed by atoms with E-state index >= 15 is 0 Å². The molecule has 1 saturated heterocycles. The number of piperidine rings is 1. The molecule has 3 heterocycles. The number of pyridine rings is 1. The summed E-state index contributed by atoms with van der Waals surface area (Å²) in [6, 6.07) is 8.70. The Bertz CT molecular complexity index is 996. The van der Waals surface area contributed by atoms with Gasteiger partial charge >= 0.3 is 0 Å². The van der Waals surface area contributed by atoms with Crippen molar-refractivity contribution in [3.8, 4) is 11.1 Å². The van der Waals surface area contributed by atoms with E-state index in [2.05, 4.69) is 56.3 Å². The lowest BCUT2D eigenvalue weighted by molar-refractivity contribution is 0.358. The number of aromatic nitrogens is 1. The molecule has 0 amide bonds. The van der Waals surface area contributed by atoms with Crippen molar-refractivity contribution in [3.05, 3.63) is 46.6 Å². The van der Waals surface area contributed by atoms with E-state index in [-0.39, 0.29) is 0 Å². The second-order valence-corrected chi connectivity index (χ2v) is 9.50. The summed E-state index contributed by atoms with van der Waals surface area (Å²) in [5.41, 5.74) is 3.76. The number of hydrogen-bond acceptors (Lipinski definition) is 5. The molecule has 1 saturated carbocycles. The molecule has 2 fully saturated rings. The summed E-state index contributed by atoms with van der Waals surface area (Å²) in [4.78, 5) is 4.10. The van der Waals surface area contributed by atoms with Gasteiger partial charge in [0.2, 0.25) is 0 Å². The summed E-state index contributed by atoms with van der Waals surface area (Å²) in [7, 11) is 0. The molecule has 29 heavy (non-hydrogen) atoms. The number of hydrogen-bond donors (Lipinski definition) is 2. The first kappa shape index (κ1) is 18.9. The van der Waals surface area contributed by atoms with Gasteiger partial charge in [-0.05, 0) is 66.3 Å². The number of nitrogens with one attached hydrogen (secondary N) is 2. The summed E-state index contributed by atoms with van der Waals surface area (Å²) in [6.07, 6.45) is 11.1. The van der Waals surface area contributed by atoms with Crippen LogP contribution in [0.5, 0.6) is 0 Å². The number of halogens is 1. The van der Waals surface area contributed by atoms with E-state index in [4.69, 9.17) is 0 Å². The van der Waals surface area contributed by atoms with Gasteiger partial charge in [-0.25, -0.2) is 4.39 Å². The van der Waals surface area contributed by atoms with Gasteiger partial charge in [0.25, 0.3) is 0 Å². The third-order valence-electron chi connectivity index (χ3n) is 5.82. The predicted octanol–water partition coefficient (Wildman–Crippen LogP) is 3.03. The zero-order valence-corrected chi connectivity index (χ0v) is 17.4. The van der Waals surface area contributed by atoms with Crippen LogP contribution in [0.25, 0.3) is 23.4 Å². The molecule has 1 aromatic carbocycles. The van der Waals surface area contributed by atoms with Gasteiger partial charge in [-0.2, -0.15) is 0 Å². The van der Waals surface area contributed by atoms with Gasteiger partial charge in [0.1, 0.15) is 6.67 Å². The average Bonchev–Trinajstić information content (AvgIpc) is 3.59. The smallest absolute Gasteiger partial charge is 0.131 e. The summed E-state index contributed by atoms with van der Waals surface area (Å²) in [5.74, 6) is 0. The number of fused-ring (bicyclic) bond motifs is 1. The Kier molecular flexibility index (Phi) is 5.46. The molecule has 0 unspecified atom stereocenters. The molecular formula is C23H27FN4S. The monoisotopic (exact) mass is 410 g/mol. The largest absolute Gasteiger partial charge is 0.387 e. The van der Waals surface area contributed by atoms with Crippen LogP contribution in [0, 0.1) is 0 Å². The zero-order valence-electron chi connectivity index (χ0n) is 16.5. The van der Waals surface area contributed by atoms with E-state index in [1.165, 1.54) is 23.3 Å². The fourth-order valence-corrected chi connectivity index (χ4v) is 5.25. The van der Waals surface area contributed by atoms with E-state index < -0.39 is 6.67 Å². The predicted molar refractivity (Wildman–Crippen MR) is 119 cm³/mol. The van der Waals surface area contributed by atoms with E-state index in [9.17, 15) is 4.39 Å². The van der Waals surface area contributed by atoms with Crippen LogP contribution in [-0.4, -0.2) is 40.2 Å². The standard InChI is InChI=1S/C23H27FN4S/c24-14-20-12-16(4-8-26-20)18-11-17-3-7-25-15-22(17)23(13-18)27-19-5-9-28(10-6-19)29-21-1-2-21/h3-4,8,11-13,15,19,21,25,27H,1-2,5-7,9-10,14H2. The molecule has 0 radical (unpaired) electrons. The highest BCUT2D eigenvalue weighted by atomic mass is 32.2. The van der Waals surface area contributed by atoms with Crippen molar-refractivity contribution in [2.45, 2.75) is 43.6 Å². The second-order valence-electron chi connectivity index (χ2n) is 8.11. The van der Waals surface area contributed by atoms with Crippen LogP contribution in [0.3, 0.4) is 0 Å². The zero-order chi connectivity index (χ0) is 19.6. The summed E-state index contributed by atoms with van der Waals surface area (Å²) in [5, 5.41) is 10.5. The minimum Gasteiger partial charge on any atom is -0.387 e. The lowest BCUT2D eigenvalue weighted by atomic mass is 10.0. The highest BCUT2D eigenvalue weighted by Crippen LogP contribution is 2.37. The van der Waals surface area contributed by atoms with Gasteiger partial charge < -0.3 is 10.6 Å². The molecule has 2 N–H and O–H groups in total. The lowest BCUT2D eigenvalue weighted by Crippen LogP contribution is -2.40. The van der Waals surface area contributed by atoms with Gasteiger partial charge in [0.15, 0.2) is 0 Å². The Morgan fingerprint density at radius 3 is 2.79 bits per heavy atom. The van der Waals surface area contributed by atoms with Crippen LogP contribution in [0.1, 0.15) is 31.4 Å². The second kappa shape index (κ2) is 8.36. The Hall–Kier alpha value is -2.05. The van der Waals surface area contributed by atoms with Crippen LogP contribution in [0.15, 0.2) is 30.5 Å². The first-order chi connectivity index (χ1) is 14.3. The molecule has 2 aliphatic heterocycles.